The number of rotatable bonds is 8. The van der Waals surface area contributed by atoms with Gasteiger partial charge >= 0.3 is 0 Å². The number of thiazole rings is 1. The first-order valence-corrected chi connectivity index (χ1v) is 13.6. The Morgan fingerprint density at radius 3 is 2.18 bits per heavy atom. The van der Waals surface area contributed by atoms with Crippen molar-refractivity contribution in [3.05, 3.63) is 101 Å². The van der Waals surface area contributed by atoms with E-state index in [9.17, 15) is 13.2 Å². The maximum Gasteiger partial charge on any atom is 0.230 e. The molecule has 1 aromatic heterocycles. The Kier molecular flexibility index (Phi) is 7.24. The SMILES string of the molecule is CCS(=O)(=O)c1ccc(CC(=O)Nc2nc(-c3ccccc3)c(C(C)c3ccccc3)s2)cc1. The number of amides is 1. The van der Waals surface area contributed by atoms with Gasteiger partial charge in [0.05, 0.1) is 22.8 Å². The third-order valence-corrected chi connectivity index (χ3v) is 8.57. The molecule has 1 heterocycles. The Labute approximate surface area is 204 Å². The Balaban J connectivity index is 1.56. The second-order valence-electron chi connectivity index (χ2n) is 8.00. The average Bonchev–Trinajstić information content (AvgIpc) is 3.28. The van der Waals surface area contributed by atoms with Crippen LogP contribution in [0.25, 0.3) is 11.3 Å². The fourth-order valence-electron chi connectivity index (χ4n) is 3.70. The maximum absolute atomic E-state index is 12.8. The highest BCUT2D eigenvalue weighted by atomic mass is 32.2. The first-order chi connectivity index (χ1) is 16.4. The minimum absolute atomic E-state index is 0.0460. The summed E-state index contributed by atoms with van der Waals surface area (Å²) in [6.45, 7) is 3.76. The van der Waals surface area contributed by atoms with Gasteiger partial charge in [0.1, 0.15) is 0 Å². The Morgan fingerprint density at radius 1 is 0.941 bits per heavy atom. The number of carbonyl (C=O) groups excluding carboxylic acids is 1. The van der Waals surface area contributed by atoms with Crippen LogP contribution in [-0.2, 0) is 21.1 Å². The summed E-state index contributed by atoms with van der Waals surface area (Å²) in [6.07, 6.45) is 0.135. The van der Waals surface area contributed by atoms with E-state index in [2.05, 4.69) is 24.4 Å². The maximum atomic E-state index is 12.8. The molecule has 1 N–H and O–H groups in total. The Hall–Kier alpha value is -3.29. The summed E-state index contributed by atoms with van der Waals surface area (Å²) in [4.78, 5) is 18.9. The van der Waals surface area contributed by atoms with Crippen LogP contribution in [0.2, 0.25) is 0 Å². The lowest BCUT2D eigenvalue weighted by atomic mass is 9.96. The molecule has 4 aromatic rings. The monoisotopic (exact) mass is 490 g/mol. The fourth-order valence-corrected chi connectivity index (χ4v) is 5.67. The van der Waals surface area contributed by atoms with Gasteiger partial charge in [-0.2, -0.15) is 0 Å². The minimum Gasteiger partial charge on any atom is -0.302 e. The highest BCUT2D eigenvalue weighted by molar-refractivity contribution is 7.91. The minimum atomic E-state index is -3.26. The molecule has 0 aliphatic heterocycles. The molecule has 5 nitrogen and oxygen atoms in total. The summed E-state index contributed by atoms with van der Waals surface area (Å²) in [5.41, 5.74) is 3.80. The third-order valence-electron chi connectivity index (χ3n) is 5.67. The van der Waals surface area contributed by atoms with E-state index in [-0.39, 0.29) is 28.9 Å². The molecule has 7 heteroatoms. The molecule has 0 radical (unpaired) electrons. The molecule has 0 spiro atoms. The van der Waals surface area contributed by atoms with E-state index < -0.39 is 9.84 Å². The van der Waals surface area contributed by atoms with Crippen molar-refractivity contribution in [2.24, 2.45) is 0 Å². The zero-order chi connectivity index (χ0) is 24.1. The van der Waals surface area contributed by atoms with Crippen LogP contribution in [0.15, 0.2) is 89.8 Å². The molecule has 0 saturated carbocycles. The van der Waals surface area contributed by atoms with Crippen molar-refractivity contribution in [1.29, 1.82) is 0 Å². The molecule has 0 aliphatic rings. The van der Waals surface area contributed by atoms with Crippen LogP contribution in [0, 0.1) is 0 Å². The first-order valence-electron chi connectivity index (χ1n) is 11.1. The van der Waals surface area contributed by atoms with Crippen LogP contribution in [0.4, 0.5) is 5.13 Å². The number of benzene rings is 3. The number of carbonyl (C=O) groups is 1. The van der Waals surface area contributed by atoms with Crippen molar-refractivity contribution in [2.45, 2.75) is 31.1 Å². The summed E-state index contributed by atoms with van der Waals surface area (Å²) in [7, 11) is -3.26. The second-order valence-corrected chi connectivity index (χ2v) is 11.3. The number of hydrogen-bond donors (Lipinski definition) is 1. The molecule has 4 rings (SSSR count). The average molecular weight is 491 g/mol. The van der Waals surface area contributed by atoms with Crippen LogP contribution in [0.3, 0.4) is 0 Å². The molecule has 0 bridgehead atoms. The summed E-state index contributed by atoms with van der Waals surface area (Å²) in [6, 6.07) is 26.7. The molecule has 1 amide bonds. The summed E-state index contributed by atoms with van der Waals surface area (Å²) < 4.78 is 24.0. The molecule has 0 fully saturated rings. The Morgan fingerprint density at radius 2 is 1.56 bits per heavy atom. The number of anilines is 1. The van der Waals surface area contributed by atoms with Gasteiger partial charge < -0.3 is 5.32 Å². The fraction of sp³-hybridized carbons (Fsp3) is 0.185. The molecular weight excluding hydrogens is 464 g/mol. The number of nitrogens with zero attached hydrogens (tertiary/aromatic N) is 1. The smallest absolute Gasteiger partial charge is 0.230 e. The zero-order valence-corrected chi connectivity index (χ0v) is 20.7. The van der Waals surface area contributed by atoms with Gasteiger partial charge in [0.2, 0.25) is 5.91 Å². The second kappa shape index (κ2) is 10.3. The first kappa shape index (κ1) is 23.9. The third kappa shape index (κ3) is 5.43. The van der Waals surface area contributed by atoms with Gasteiger partial charge in [-0.15, -0.1) is 11.3 Å². The lowest BCUT2D eigenvalue weighted by Gasteiger charge is -2.11. The van der Waals surface area contributed by atoms with Crippen molar-refractivity contribution >= 4 is 32.2 Å². The van der Waals surface area contributed by atoms with Crippen LogP contribution in [0.5, 0.6) is 0 Å². The van der Waals surface area contributed by atoms with E-state index >= 15 is 0 Å². The quantitative estimate of drug-likeness (QED) is 0.332. The highest BCUT2D eigenvalue weighted by Gasteiger charge is 2.21. The van der Waals surface area contributed by atoms with Gasteiger partial charge in [-0.25, -0.2) is 13.4 Å². The van der Waals surface area contributed by atoms with Crippen molar-refractivity contribution < 1.29 is 13.2 Å². The van der Waals surface area contributed by atoms with Crippen molar-refractivity contribution in [3.8, 4) is 11.3 Å². The predicted octanol–water partition coefficient (Wildman–Crippen LogP) is 5.94. The zero-order valence-electron chi connectivity index (χ0n) is 19.1. The van der Waals surface area contributed by atoms with E-state index in [1.54, 1.807) is 31.2 Å². The number of nitrogens with one attached hydrogen (secondary N) is 1. The van der Waals surface area contributed by atoms with E-state index in [0.29, 0.717) is 5.13 Å². The molecular formula is C27H26N2O3S2. The molecule has 0 aliphatic carbocycles. The Bertz CT molecular complexity index is 1360. The highest BCUT2D eigenvalue weighted by Crippen LogP contribution is 2.39. The lowest BCUT2D eigenvalue weighted by molar-refractivity contribution is -0.115. The number of sulfone groups is 1. The largest absolute Gasteiger partial charge is 0.302 e. The van der Waals surface area contributed by atoms with Crippen molar-refractivity contribution in [2.75, 3.05) is 11.1 Å². The number of aromatic nitrogens is 1. The van der Waals surface area contributed by atoms with E-state index in [4.69, 9.17) is 4.98 Å². The van der Waals surface area contributed by atoms with Gasteiger partial charge in [-0.1, -0.05) is 86.6 Å². The van der Waals surface area contributed by atoms with Gasteiger partial charge in [-0.3, -0.25) is 4.79 Å². The van der Waals surface area contributed by atoms with Crippen LogP contribution in [-0.4, -0.2) is 25.1 Å². The van der Waals surface area contributed by atoms with Gasteiger partial charge in [0, 0.05) is 16.4 Å². The van der Waals surface area contributed by atoms with Crippen molar-refractivity contribution in [1.82, 2.24) is 4.98 Å². The lowest BCUT2D eigenvalue weighted by Crippen LogP contribution is -2.14. The van der Waals surface area contributed by atoms with Gasteiger partial charge in [0.25, 0.3) is 0 Å². The van der Waals surface area contributed by atoms with Crippen LogP contribution < -0.4 is 5.32 Å². The molecule has 34 heavy (non-hydrogen) atoms. The van der Waals surface area contributed by atoms with E-state index in [1.807, 2.05) is 48.5 Å². The van der Waals surface area contributed by atoms with Crippen molar-refractivity contribution in [3.63, 3.8) is 0 Å². The van der Waals surface area contributed by atoms with E-state index in [1.165, 1.54) is 16.9 Å². The standard InChI is InChI=1S/C27H26N2O3S2/c1-3-34(31,32)23-16-14-20(15-17-23)18-24(30)28-27-29-25(22-12-8-5-9-13-22)26(33-27)19(2)21-10-6-4-7-11-21/h4-17,19H,3,18H2,1-2H3,(H,28,29,30). The normalized spacial score (nSPS) is 12.3. The molecule has 3 aromatic carbocycles. The van der Waals surface area contributed by atoms with Crippen LogP contribution in [0.1, 0.15) is 35.8 Å². The summed E-state index contributed by atoms with van der Waals surface area (Å²) >= 11 is 1.48. The molecule has 174 valence electrons. The predicted molar refractivity (Wildman–Crippen MR) is 138 cm³/mol. The number of hydrogen-bond acceptors (Lipinski definition) is 5. The summed E-state index contributed by atoms with van der Waals surface area (Å²) in [5, 5.41) is 3.48. The molecule has 0 saturated heterocycles. The molecule has 1 atom stereocenters. The van der Waals surface area contributed by atoms with Crippen LogP contribution >= 0.6 is 11.3 Å². The summed E-state index contributed by atoms with van der Waals surface area (Å²) in [5.74, 6) is -0.0318. The van der Waals surface area contributed by atoms with E-state index in [0.717, 1.165) is 21.7 Å². The van der Waals surface area contributed by atoms with Gasteiger partial charge in [-0.05, 0) is 23.3 Å². The molecule has 1 unspecified atom stereocenters. The van der Waals surface area contributed by atoms with Gasteiger partial charge in [0.15, 0.2) is 15.0 Å². The topological polar surface area (TPSA) is 76.1 Å².